The Morgan fingerprint density at radius 3 is 1.28 bits per heavy atom. The first-order valence-corrected chi connectivity index (χ1v) is 21.2. The number of hydrogen-bond acceptors (Lipinski definition) is 1. The first-order valence-electron chi connectivity index (χ1n) is 21.2. The van der Waals surface area contributed by atoms with Gasteiger partial charge in [-0.05, 0) is 130 Å². The van der Waals surface area contributed by atoms with Gasteiger partial charge in [-0.25, -0.2) is 0 Å². The highest BCUT2D eigenvalue weighted by Crippen LogP contribution is 2.48. The van der Waals surface area contributed by atoms with Crippen LogP contribution >= 0.6 is 0 Å². The van der Waals surface area contributed by atoms with Crippen molar-refractivity contribution < 1.29 is 0 Å². The fraction of sp³-hybridized carbons (Fsp3) is 0.0345. The minimum absolute atomic E-state index is 1.11. The van der Waals surface area contributed by atoms with E-state index in [1.807, 2.05) is 0 Å². The predicted octanol–water partition coefficient (Wildman–Crippen LogP) is 16.0. The van der Waals surface area contributed by atoms with Gasteiger partial charge in [-0.15, -0.1) is 0 Å². The van der Waals surface area contributed by atoms with E-state index in [-0.39, 0.29) is 0 Å². The van der Waals surface area contributed by atoms with Gasteiger partial charge in [-0.2, -0.15) is 0 Å². The molecule has 0 spiro atoms. The molecule has 0 saturated carbocycles. The molecule has 11 aromatic carbocycles. The zero-order valence-electron chi connectivity index (χ0n) is 33.9. The van der Waals surface area contributed by atoms with Crippen LogP contribution in [-0.2, 0) is 0 Å². The van der Waals surface area contributed by atoms with E-state index in [9.17, 15) is 0 Å². The van der Waals surface area contributed by atoms with Crippen LogP contribution in [0.1, 0.15) is 11.1 Å². The number of hydrogen-bond donors (Lipinski definition) is 0. The third-order valence-corrected chi connectivity index (χ3v) is 13.2. The van der Waals surface area contributed by atoms with Crippen LogP contribution in [0, 0.1) is 13.8 Å². The Hall–Kier alpha value is -7.88. The van der Waals surface area contributed by atoms with Crippen molar-refractivity contribution in [1.82, 2.24) is 9.13 Å². The largest absolute Gasteiger partial charge is 0.310 e. The molecule has 2 aromatic heterocycles. The number of anilines is 3. The lowest BCUT2D eigenvalue weighted by Gasteiger charge is -2.28. The highest BCUT2D eigenvalue weighted by Gasteiger charge is 2.23. The number of para-hydroxylation sites is 2. The van der Waals surface area contributed by atoms with E-state index in [1.165, 1.54) is 97.8 Å². The number of rotatable bonds is 5. The predicted molar refractivity (Wildman–Crippen MR) is 260 cm³/mol. The summed E-state index contributed by atoms with van der Waals surface area (Å²) in [6, 6.07) is 74.5. The van der Waals surface area contributed by atoms with Crippen LogP contribution in [0.15, 0.2) is 200 Å². The Kier molecular flexibility index (Phi) is 7.15. The van der Waals surface area contributed by atoms with Crippen molar-refractivity contribution in [2.24, 2.45) is 0 Å². The average Bonchev–Trinajstić information content (AvgIpc) is 3.81. The number of aromatic nitrogens is 2. The van der Waals surface area contributed by atoms with Gasteiger partial charge >= 0.3 is 0 Å². The lowest BCUT2D eigenvalue weighted by atomic mass is 9.89. The summed E-state index contributed by atoms with van der Waals surface area (Å²) >= 11 is 0. The maximum Gasteiger partial charge on any atom is 0.0542 e. The Labute approximate surface area is 352 Å². The summed E-state index contributed by atoms with van der Waals surface area (Å²) in [7, 11) is 0. The normalized spacial score (nSPS) is 12.1. The van der Waals surface area contributed by atoms with Crippen molar-refractivity contribution in [1.29, 1.82) is 0 Å². The highest BCUT2D eigenvalue weighted by atomic mass is 15.1. The molecule has 13 aromatic rings. The van der Waals surface area contributed by atoms with Crippen molar-refractivity contribution >= 4 is 104 Å². The van der Waals surface area contributed by atoms with Crippen molar-refractivity contribution in [3.63, 3.8) is 0 Å². The molecule has 0 unspecified atom stereocenters. The van der Waals surface area contributed by atoms with Gasteiger partial charge in [0.1, 0.15) is 0 Å². The standard InChI is InChI=1S/C58H39N3/c1-36-20-24-39(25-21-36)60-52-18-5-3-12-43(52)50-34-41(28-31-55(50)60)59(42-29-32-56-51(35-42)44-13-4-6-19-53(44)61(56)40-26-22-37(2)23-27-40)54-33-30-48-46-15-8-11-38-10-7-14-45(57(38)46)47-16-9-17-49(54)58(47)48/h3-35H,1-2H3. The molecular formula is C58H39N3. The van der Waals surface area contributed by atoms with E-state index < -0.39 is 0 Å². The lowest BCUT2D eigenvalue weighted by Crippen LogP contribution is -2.11. The summed E-state index contributed by atoms with van der Waals surface area (Å²) in [5.74, 6) is 0. The fourth-order valence-corrected chi connectivity index (χ4v) is 10.4. The zero-order valence-corrected chi connectivity index (χ0v) is 33.9. The zero-order chi connectivity index (χ0) is 40.3. The number of fused-ring (bicyclic) bond motifs is 8. The van der Waals surface area contributed by atoms with Crippen molar-refractivity contribution in [3.05, 3.63) is 211 Å². The topological polar surface area (TPSA) is 13.1 Å². The molecule has 0 amide bonds. The molecule has 0 aliphatic carbocycles. The molecule has 2 heterocycles. The summed E-state index contributed by atoms with van der Waals surface area (Å²) in [6.45, 7) is 4.30. The van der Waals surface area contributed by atoms with E-state index >= 15 is 0 Å². The van der Waals surface area contributed by atoms with Gasteiger partial charge in [0, 0.05) is 49.7 Å². The van der Waals surface area contributed by atoms with Crippen molar-refractivity contribution in [2.75, 3.05) is 4.90 Å². The smallest absolute Gasteiger partial charge is 0.0542 e. The third kappa shape index (κ3) is 4.92. The molecule has 0 atom stereocenters. The first-order chi connectivity index (χ1) is 30.1. The van der Waals surface area contributed by atoms with Crippen molar-refractivity contribution in [3.8, 4) is 11.4 Å². The summed E-state index contributed by atoms with van der Waals surface area (Å²) in [5, 5.41) is 15.2. The van der Waals surface area contributed by atoms with Crippen LogP contribution in [0.5, 0.6) is 0 Å². The van der Waals surface area contributed by atoms with E-state index in [0.717, 1.165) is 28.4 Å². The molecule has 0 bridgehead atoms. The quantitative estimate of drug-likeness (QED) is 0.125. The SMILES string of the molecule is Cc1ccc(-n2c3ccccc3c3cc(N(c4ccc5c(c4)c4ccccc4n5-c4ccc(C)cc4)c4ccc5c6cccc7cccc(c8cccc4c85)c76)ccc32)cc1. The Morgan fingerprint density at radius 2 is 0.738 bits per heavy atom. The number of aryl methyl sites for hydroxylation is 2. The second-order valence-electron chi connectivity index (χ2n) is 16.7. The molecule has 61 heavy (non-hydrogen) atoms. The summed E-state index contributed by atoms with van der Waals surface area (Å²) in [4.78, 5) is 2.50. The Bertz CT molecular complexity index is 3670. The third-order valence-electron chi connectivity index (χ3n) is 13.2. The minimum atomic E-state index is 1.11. The second kappa shape index (κ2) is 12.8. The molecule has 0 radical (unpaired) electrons. The fourth-order valence-electron chi connectivity index (χ4n) is 10.4. The summed E-state index contributed by atoms with van der Waals surface area (Å²) < 4.78 is 4.81. The number of nitrogens with zero attached hydrogens (tertiary/aromatic N) is 3. The summed E-state index contributed by atoms with van der Waals surface area (Å²) in [5.41, 5.74) is 13.0. The van der Waals surface area contributed by atoms with Crippen LogP contribution in [0.25, 0.3) is 98.1 Å². The molecular weight excluding hydrogens is 739 g/mol. The first kappa shape index (κ1) is 34.0. The van der Waals surface area contributed by atoms with Gasteiger partial charge in [-0.3, -0.25) is 0 Å². The summed E-state index contributed by atoms with van der Waals surface area (Å²) in [6.07, 6.45) is 0. The maximum atomic E-state index is 2.50. The van der Waals surface area contributed by atoms with Crippen LogP contribution in [0.3, 0.4) is 0 Å². The molecule has 3 nitrogen and oxygen atoms in total. The molecule has 0 aliphatic rings. The monoisotopic (exact) mass is 777 g/mol. The molecule has 0 aliphatic heterocycles. The lowest BCUT2D eigenvalue weighted by molar-refractivity contribution is 1.17. The molecule has 0 fully saturated rings. The van der Waals surface area contributed by atoms with E-state index in [2.05, 4.69) is 228 Å². The van der Waals surface area contributed by atoms with Gasteiger partial charge in [0.15, 0.2) is 0 Å². The van der Waals surface area contributed by atoms with E-state index in [1.54, 1.807) is 0 Å². The Morgan fingerprint density at radius 1 is 0.311 bits per heavy atom. The molecule has 286 valence electrons. The number of benzene rings is 11. The molecule has 0 saturated heterocycles. The minimum Gasteiger partial charge on any atom is -0.310 e. The van der Waals surface area contributed by atoms with E-state index in [4.69, 9.17) is 0 Å². The van der Waals surface area contributed by atoms with Crippen LogP contribution < -0.4 is 4.90 Å². The van der Waals surface area contributed by atoms with Crippen molar-refractivity contribution in [2.45, 2.75) is 13.8 Å². The molecule has 0 N–H and O–H groups in total. The van der Waals surface area contributed by atoms with Gasteiger partial charge in [0.05, 0.1) is 27.8 Å². The maximum absolute atomic E-state index is 2.50. The second-order valence-corrected chi connectivity index (χ2v) is 16.7. The van der Waals surface area contributed by atoms with Gasteiger partial charge < -0.3 is 14.0 Å². The van der Waals surface area contributed by atoms with Gasteiger partial charge in [0.2, 0.25) is 0 Å². The van der Waals surface area contributed by atoms with E-state index in [0.29, 0.717) is 0 Å². The van der Waals surface area contributed by atoms with Gasteiger partial charge in [0.25, 0.3) is 0 Å². The molecule has 13 rings (SSSR count). The van der Waals surface area contributed by atoms with Gasteiger partial charge in [-0.1, -0.05) is 132 Å². The average molecular weight is 778 g/mol. The van der Waals surface area contributed by atoms with Crippen LogP contribution in [0.4, 0.5) is 17.1 Å². The highest BCUT2D eigenvalue weighted by molar-refractivity contribution is 6.34. The van der Waals surface area contributed by atoms with Crippen LogP contribution in [-0.4, -0.2) is 9.13 Å². The molecule has 3 heteroatoms. The van der Waals surface area contributed by atoms with Crippen LogP contribution in [0.2, 0.25) is 0 Å². The Balaban J connectivity index is 1.11.